The van der Waals surface area contributed by atoms with Crippen LogP contribution in [0.4, 0.5) is 11.4 Å². The second-order valence-corrected chi connectivity index (χ2v) is 15.8. The topological polar surface area (TPSA) is 198 Å². The van der Waals surface area contributed by atoms with Gasteiger partial charge in [0.2, 0.25) is 23.6 Å². The van der Waals surface area contributed by atoms with Gasteiger partial charge in [-0.05, 0) is 52.9 Å². The molecule has 290 valence electrons. The summed E-state index contributed by atoms with van der Waals surface area (Å²) < 4.78 is 29.4. The summed E-state index contributed by atoms with van der Waals surface area (Å²) in [4.78, 5) is 57.8. The minimum atomic E-state index is -4.07. The molecular weight excluding hydrogens is 711 g/mol. The van der Waals surface area contributed by atoms with Crippen LogP contribution < -0.4 is 31.7 Å². The molecular formula is C38H51N9O6S. The van der Waals surface area contributed by atoms with Crippen molar-refractivity contribution in [2.45, 2.75) is 50.9 Å². The molecule has 0 unspecified atom stereocenters. The van der Waals surface area contributed by atoms with Crippen molar-refractivity contribution < 1.29 is 27.6 Å². The lowest BCUT2D eigenvalue weighted by atomic mass is 10.0. The molecule has 3 aromatic carbocycles. The van der Waals surface area contributed by atoms with E-state index in [1.807, 2.05) is 24.3 Å². The number of hydrogen-bond donors (Lipinski definition) is 6. The lowest BCUT2D eigenvalue weighted by molar-refractivity contribution is -0.129. The third-order valence-electron chi connectivity index (χ3n) is 9.58. The highest BCUT2D eigenvalue weighted by Crippen LogP contribution is 2.16. The van der Waals surface area contributed by atoms with Gasteiger partial charge in [-0.15, -0.1) is 0 Å². The van der Waals surface area contributed by atoms with E-state index in [1.54, 1.807) is 48.5 Å². The van der Waals surface area contributed by atoms with Crippen LogP contribution in [0.1, 0.15) is 35.1 Å². The van der Waals surface area contributed by atoms with Crippen molar-refractivity contribution in [2.24, 2.45) is 5.73 Å². The zero-order valence-corrected chi connectivity index (χ0v) is 31.7. The second-order valence-electron chi connectivity index (χ2n) is 13.8. The molecule has 5 aliphatic rings. The normalized spacial score (nSPS) is 22.0. The molecule has 0 saturated carbocycles. The first-order valence-electron chi connectivity index (χ1n) is 18.1. The maximum absolute atomic E-state index is 14.0. The monoisotopic (exact) mass is 761 g/mol. The average Bonchev–Trinajstić information content (AvgIpc) is 3.16. The van der Waals surface area contributed by atoms with Crippen LogP contribution in [0.3, 0.4) is 0 Å². The molecule has 4 amide bonds. The van der Waals surface area contributed by atoms with Gasteiger partial charge in [0.05, 0.1) is 0 Å². The minimum absolute atomic E-state index is 0.0324. The number of piperazine rings is 1. The zero-order chi connectivity index (χ0) is 38.7. The van der Waals surface area contributed by atoms with Gasteiger partial charge in [0.15, 0.2) is 0 Å². The SMILES string of the molecule is CN(C)S(=O)(=O)N[C@@H]1Cc2ccc(cc2)NC(=O)CCN2CCN(CCC(=O)Nc3ccc(cc3)C[C@@H](C(=O)NCc3ccc(CN)cc3)NC1=O)CC2. The van der Waals surface area contributed by atoms with Crippen molar-refractivity contribution >= 4 is 45.2 Å². The van der Waals surface area contributed by atoms with Crippen molar-refractivity contribution in [3.8, 4) is 0 Å². The predicted molar refractivity (Wildman–Crippen MR) is 207 cm³/mol. The fourth-order valence-corrected chi connectivity index (χ4v) is 6.94. The number of benzene rings is 3. The molecule has 1 fully saturated rings. The number of hydrogen-bond acceptors (Lipinski definition) is 9. The summed E-state index contributed by atoms with van der Waals surface area (Å²) >= 11 is 0. The van der Waals surface area contributed by atoms with Gasteiger partial charge in [-0.25, -0.2) is 0 Å². The molecule has 3 aromatic rings. The molecule has 54 heavy (non-hydrogen) atoms. The van der Waals surface area contributed by atoms with E-state index in [4.69, 9.17) is 5.73 Å². The van der Waals surface area contributed by atoms with Crippen LogP contribution in [0, 0.1) is 0 Å². The van der Waals surface area contributed by atoms with E-state index < -0.39 is 34.1 Å². The summed E-state index contributed by atoms with van der Waals surface area (Å²) in [7, 11) is -1.37. The van der Waals surface area contributed by atoms with E-state index in [2.05, 4.69) is 35.8 Å². The van der Waals surface area contributed by atoms with Gasteiger partial charge >= 0.3 is 0 Å². The summed E-state index contributed by atoms with van der Waals surface area (Å²) in [5.41, 5.74) is 10.0. The van der Waals surface area contributed by atoms with Crippen LogP contribution >= 0.6 is 0 Å². The molecule has 1 saturated heterocycles. The first-order chi connectivity index (χ1) is 25.9. The number of amides is 4. The summed E-state index contributed by atoms with van der Waals surface area (Å²) in [5, 5.41) is 11.5. The summed E-state index contributed by atoms with van der Waals surface area (Å²) in [6.45, 7) is 5.03. The zero-order valence-electron chi connectivity index (χ0n) is 30.8. The largest absolute Gasteiger partial charge is 0.350 e. The number of nitrogens with one attached hydrogen (secondary N) is 5. The Kier molecular flexibility index (Phi) is 14.3. The average molecular weight is 762 g/mol. The summed E-state index contributed by atoms with van der Waals surface area (Å²) in [6.07, 6.45) is 0.693. The molecule has 0 aromatic heterocycles. The van der Waals surface area contributed by atoms with E-state index in [9.17, 15) is 27.6 Å². The minimum Gasteiger partial charge on any atom is -0.350 e. The Labute approximate surface area is 317 Å². The number of anilines is 2. The van der Waals surface area contributed by atoms with E-state index in [0.29, 0.717) is 55.0 Å². The Hall–Kier alpha value is -4.71. The number of carbonyl (C=O) groups excluding carboxylic acids is 4. The van der Waals surface area contributed by atoms with Gasteiger partial charge in [0.25, 0.3) is 10.2 Å². The number of carbonyl (C=O) groups is 4. The number of rotatable bonds is 7. The molecule has 0 radical (unpaired) electrons. The van der Waals surface area contributed by atoms with Gasteiger partial charge < -0.3 is 36.8 Å². The summed E-state index contributed by atoms with van der Waals surface area (Å²) in [6, 6.07) is 19.0. The summed E-state index contributed by atoms with van der Waals surface area (Å²) in [5.74, 6) is -1.42. The number of fused-ring (bicyclic) bond motifs is 3. The quantitative estimate of drug-likeness (QED) is 0.202. The maximum Gasteiger partial charge on any atom is 0.279 e. The van der Waals surface area contributed by atoms with Crippen LogP contribution in [0.5, 0.6) is 0 Å². The maximum atomic E-state index is 14.0. The highest BCUT2D eigenvalue weighted by molar-refractivity contribution is 7.87. The van der Waals surface area contributed by atoms with Gasteiger partial charge in [-0.1, -0.05) is 48.5 Å². The standard InChI is InChI=1S/C38H51N9O6S/c1-45(2)54(52,53)44-34-24-28-9-13-32(14-10-28)42-36(49)16-18-47-21-19-46(20-22-47)17-15-35(48)41-31-11-7-27(8-12-31)23-33(43-38(34)51)37(50)40-26-30-5-3-29(25-39)4-6-30/h3-14,33-34,44H,15-26,39H2,1-2H3,(H,40,50)(H,41,48)(H,42,49)(H,43,51)/t33-,34+/m0/s1. The first kappa shape index (κ1) is 40.5. The van der Waals surface area contributed by atoms with Gasteiger partial charge in [-0.3, -0.25) is 19.2 Å². The molecule has 0 spiro atoms. The Morgan fingerprint density at radius 1 is 0.741 bits per heavy atom. The molecule has 5 aliphatic heterocycles. The number of nitrogens with two attached hydrogens (primary N) is 1. The van der Waals surface area contributed by atoms with E-state index in [0.717, 1.165) is 41.6 Å². The van der Waals surface area contributed by atoms with Crippen LogP contribution in [0.25, 0.3) is 0 Å². The molecule has 7 N–H and O–H groups in total. The lowest BCUT2D eigenvalue weighted by Crippen LogP contribution is -2.56. The van der Waals surface area contributed by atoms with Crippen molar-refractivity contribution in [3.63, 3.8) is 0 Å². The van der Waals surface area contributed by atoms with Crippen LogP contribution in [-0.4, -0.2) is 112 Å². The second kappa shape index (κ2) is 19.1. The first-order valence-corrected chi connectivity index (χ1v) is 19.6. The molecule has 15 nitrogen and oxygen atoms in total. The van der Waals surface area contributed by atoms with Crippen molar-refractivity contribution in [1.29, 1.82) is 0 Å². The highest BCUT2D eigenvalue weighted by atomic mass is 32.2. The molecule has 6 bridgehead atoms. The Morgan fingerprint density at radius 3 is 1.70 bits per heavy atom. The van der Waals surface area contributed by atoms with Crippen molar-refractivity contribution in [3.05, 3.63) is 95.1 Å². The predicted octanol–water partition coefficient (Wildman–Crippen LogP) is 0.785. The smallest absolute Gasteiger partial charge is 0.279 e. The van der Waals surface area contributed by atoms with Crippen LogP contribution in [0.15, 0.2) is 72.8 Å². The Balaban J connectivity index is 1.40. The van der Waals surface area contributed by atoms with E-state index in [-0.39, 0.29) is 31.2 Å². The highest BCUT2D eigenvalue weighted by Gasteiger charge is 2.30. The van der Waals surface area contributed by atoms with Gasteiger partial charge in [0, 0.05) is 97.1 Å². The van der Waals surface area contributed by atoms with E-state index in [1.165, 1.54) is 14.1 Å². The fraction of sp³-hybridized carbons (Fsp3) is 0.421. The van der Waals surface area contributed by atoms with Crippen molar-refractivity contribution in [1.82, 2.24) is 29.5 Å². The molecule has 8 rings (SSSR count). The van der Waals surface area contributed by atoms with E-state index >= 15 is 0 Å². The third-order valence-corrected chi connectivity index (χ3v) is 11.1. The third kappa shape index (κ3) is 12.2. The van der Waals surface area contributed by atoms with Crippen LogP contribution in [-0.2, 0) is 55.3 Å². The molecule has 5 heterocycles. The van der Waals surface area contributed by atoms with Crippen molar-refractivity contribution in [2.75, 3.05) is 64.0 Å². The van der Waals surface area contributed by atoms with Crippen LogP contribution in [0.2, 0.25) is 0 Å². The fourth-order valence-electron chi connectivity index (χ4n) is 6.18. The molecule has 2 atom stereocenters. The molecule has 0 aliphatic carbocycles. The molecule has 16 heteroatoms. The number of nitrogens with zero attached hydrogens (tertiary/aromatic N) is 3. The Bertz CT molecular complexity index is 1850. The lowest BCUT2D eigenvalue weighted by Gasteiger charge is -2.34. The van der Waals surface area contributed by atoms with Gasteiger partial charge in [-0.2, -0.15) is 17.4 Å². The van der Waals surface area contributed by atoms with Gasteiger partial charge in [0.1, 0.15) is 12.1 Å². The Morgan fingerprint density at radius 2 is 1.22 bits per heavy atom.